The molecule has 2 rings (SSSR count). The molecule has 0 bridgehead atoms. The summed E-state index contributed by atoms with van der Waals surface area (Å²) in [5.74, 6) is 0.376. The largest absolute Gasteiger partial charge is 0.354 e. The monoisotopic (exact) mass is 367 g/mol. The van der Waals surface area contributed by atoms with E-state index in [2.05, 4.69) is 16.0 Å². The molecule has 1 aromatic rings. The first-order valence-electron chi connectivity index (χ1n) is 8.83. The molecule has 25 heavy (non-hydrogen) atoms. The number of aryl methyl sites for hydroxylation is 1. The molecule has 0 aromatic heterocycles. The number of amides is 2. The molecule has 2 amide bonds. The van der Waals surface area contributed by atoms with Crippen LogP contribution in [0.25, 0.3) is 0 Å². The first kappa shape index (κ1) is 21.5. The Balaban J connectivity index is 0.00000312. The molecule has 2 atom stereocenters. The average Bonchev–Trinajstić information content (AvgIpc) is 3.05. The minimum Gasteiger partial charge on any atom is -0.354 e. The summed E-state index contributed by atoms with van der Waals surface area (Å²) in [7, 11) is 0. The van der Waals surface area contributed by atoms with Crippen LogP contribution in [0.5, 0.6) is 0 Å². The Morgan fingerprint density at radius 3 is 2.68 bits per heavy atom. The summed E-state index contributed by atoms with van der Waals surface area (Å²) < 4.78 is 0. The third-order valence-corrected chi connectivity index (χ3v) is 4.53. The van der Waals surface area contributed by atoms with Gasteiger partial charge < -0.3 is 16.0 Å². The van der Waals surface area contributed by atoms with Gasteiger partial charge in [0, 0.05) is 12.1 Å². The fourth-order valence-electron chi connectivity index (χ4n) is 3.02. The summed E-state index contributed by atoms with van der Waals surface area (Å²) in [4.78, 5) is 24.9. The van der Waals surface area contributed by atoms with E-state index in [1.807, 2.05) is 39.0 Å². The number of carbonyl (C=O) groups excluding carboxylic acids is 2. The molecule has 1 saturated heterocycles. The van der Waals surface area contributed by atoms with Crippen LogP contribution in [-0.4, -0.2) is 37.5 Å². The van der Waals surface area contributed by atoms with Crippen LogP contribution in [0.2, 0.25) is 0 Å². The maximum atomic E-state index is 12.5. The van der Waals surface area contributed by atoms with E-state index in [0.29, 0.717) is 18.0 Å². The van der Waals surface area contributed by atoms with Crippen LogP contribution in [0.15, 0.2) is 24.3 Å². The predicted octanol–water partition coefficient (Wildman–Crippen LogP) is 2.29. The topological polar surface area (TPSA) is 70.2 Å². The molecule has 0 spiro atoms. The highest BCUT2D eigenvalue weighted by molar-refractivity contribution is 5.97. The minimum absolute atomic E-state index is 0. The lowest BCUT2D eigenvalue weighted by Gasteiger charge is -2.22. The smallest absolute Gasteiger partial charge is 0.251 e. The van der Waals surface area contributed by atoms with Gasteiger partial charge in [0.05, 0.1) is 0 Å². The summed E-state index contributed by atoms with van der Waals surface area (Å²) in [6, 6.07) is 6.88. The van der Waals surface area contributed by atoms with Crippen molar-refractivity contribution in [3.05, 3.63) is 35.4 Å². The molecule has 1 aliphatic heterocycles. The Morgan fingerprint density at radius 2 is 2.08 bits per heavy atom. The molecule has 1 aliphatic rings. The molecule has 0 radical (unpaired) electrons. The van der Waals surface area contributed by atoms with Gasteiger partial charge in [0.15, 0.2) is 0 Å². The van der Waals surface area contributed by atoms with E-state index in [0.717, 1.165) is 25.1 Å². The second kappa shape index (κ2) is 10.4. The Morgan fingerprint density at radius 1 is 1.32 bits per heavy atom. The predicted molar refractivity (Wildman–Crippen MR) is 103 cm³/mol. The third kappa shape index (κ3) is 6.67. The standard InChI is InChI=1S/C19H29N3O2.ClH/c1-13(2)17(19(24)21-10-8-15-7-9-20-12-15)22-18(23)16-6-4-5-14(3)11-16;/h4-6,11,13,15,17,20H,7-10,12H2,1-3H3,(H,21,24)(H,22,23);1H. The van der Waals surface area contributed by atoms with Crippen LogP contribution in [0.3, 0.4) is 0 Å². The summed E-state index contributed by atoms with van der Waals surface area (Å²) >= 11 is 0. The number of hydrogen-bond donors (Lipinski definition) is 3. The van der Waals surface area contributed by atoms with Gasteiger partial charge in [-0.25, -0.2) is 0 Å². The van der Waals surface area contributed by atoms with Crippen molar-refractivity contribution < 1.29 is 9.59 Å². The van der Waals surface area contributed by atoms with Crippen LogP contribution in [0.4, 0.5) is 0 Å². The van der Waals surface area contributed by atoms with E-state index >= 15 is 0 Å². The van der Waals surface area contributed by atoms with Gasteiger partial charge in [-0.05, 0) is 56.8 Å². The summed E-state index contributed by atoms with van der Waals surface area (Å²) in [5, 5.41) is 9.18. The fourth-order valence-corrected chi connectivity index (χ4v) is 3.02. The van der Waals surface area contributed by atoms with Gasteiger partial charge in [0.25, 0.3) is 5.91 Å². The lowest BCUT2D eigenvalue weighted by atomic mass is 10.0. The lowest BCUT2D eigenvalue weighted by Crippen LogP contribution is -2.50. The number of hydrogen-bond acceptors (Lipinski definition) is 3. The Labute approximate surface area is 156 Å². The van der Waals surface area contributed by atoms with Gasteiger partial charge in [-0.3, -0.25) is 9.59 Å². The zero-order valence-electron chi connectivity index (χ0n) is 15.3. The van der Waals surface area contributed by atoms with E-state index in [1.54, 1.807) is 6.07 Å². The van der Waals surface area contributed by atoms with Crippen molar-refractivity contribution in [2.45, 2.75) is 39.7 Å². The third-order valence-electron chi connectivity index (χ3n) is 4.53. The Bertz CT molecular complexity index is 572. The molecule has 1 fully saturated rings. The molecular weight excluding hydrogens is 338 g/mol. The number of rotatable bonds is 7. The van der Waals surface area contributed by atoms with E-state index in [1.165, 1.54) is 6.42 Å². The maximum absolute atomic E-state index is 12.5. The second-order valence-electron chi connectivity index (χ2n) is 7.00. The van der Waals surface area contributed by atoms with Crippen LogP contribution < -0.4 is 16.0 Å². The SMILES string of the molecule is Cc1cccc(C(=O)NC(C(=O)NCCC2CCNC2)C(C)C)c1.Cl. The van der Waals surface area contributed by atoms with E-state index in [4.69, 9.17) is 0 Å². The Kier molecular flexibility index (Phi) is 8.93. The van der Waals surface area contributed by atoms with Crippen molar-refractivity contribution >= 4 is 24.2 Å². The quantitative estimate of drug-likeness (QED) is 0.692. The van der Waals surface area contributed by atoms with Crippen LogP contribution >= 0.6 is 12.4 Å². The van der Waals surface area contributed by atoms with Crippen molar-refractivity contribution in [1.82, 2.24) is 16.0 Å². The molecular formula is C19H30ClN3O2. The van der Waals surface area contributed by atoms with Crippen LogP contribution in [-0.2, 0) is 4.79 Å². The number of benzene rings is 1. The van der Waals surface area contributed by atoms with Gasteiger partial charge in [-0.1, -0.05) is 31.5 Å². The molecule has 6 heteroatoms. The molecule has 3 N–H and O–H groups in total. The van der Waals surface area contributed by atoms with E-state index in [-0.39, 0.29) is 30.1 Å². The lowest BCUT2D eigenvalue weighted by molar-refractivity contribution is -0.123. The van der Waals surface area contributed by atoms with Gasteiger partial charge in [-0.15, -0.1) is 12.4 Å². The average molecular weight is 368 g/mol. The highest BCUT2D eigenvalue weighted by Crippen LogP contribution is 2.11. The zero-order chi connectivity index (χ0) is 17.5. The molecule has 0 saturated carbocycles. The highest BCUT2D eigenvalue weighted by atomic mass is 35.5. The van der Waals surface area contributed by atoms with Gasteiger partial charge in [0.2, 0.25) is 5.91 Å². The van der Waals surface area contributed by atoms with Crippen molar-refractivity contribution in [2.75, 3.05) is 19.6 Å². The fraction of sp³-hybridized carbons (Fsp3) is 0.579. The maximum Gasteiger partial charge on any atom is 0.251 e. The summed E-state index contributed by atoms with van der Waals surface area (Å²) in [5.41, 5.74) is 1.61. The van der Waals surface area contributed by atoms with Gasteiger partial charge >= 0.3 is 0 Å². The van der Waals surface area contributed by atoms with Crippen molar-refractivity contribution in [3.63, 3.8) is 0 Å². The van der Waals surface area contributed by atoms with E-state index < -0.39 is 6.04 Å². The van der Waals surface area contributed by atoms with Gasteiger partial charge in [0.1, 0.15) is 6.04 Å². The first-order valence-corrected chi connectivity index (χ1v) is 8.83. The molecule has 2 unspecified atom stereocenters. The number of nitrogens with one attached hydrogen (secondary N) is 3. The molecule has 1 heterocycles. The molecule has 0 aliphatic carbocycles. The molecule has 1 aromatic carbocycles. The number of carbonyl (C=O) groups is 2. The second-order valence-corrected chi connectivity index (χ2v) is 7.00. The number of halogens is 1. The minimum atomic E-state index is -0.514. The Hall–Kier alpha value is -1.59. The van der Waals surface area contributed by atoms with Crippen LogP contribution in [0.1, 0.15) is 42.6 Å². The first-order chi connectivity index (χ1) is 11.5. The van der Waals surface area contributed by atoms with Crippen molar-refractivity contribution in [2.24, 2.45) is 11.8 Å². The summed E-state index contributed by atoms with van der Waals surface area (Å²) in [6.45, 7) is 8.60. The van der Waals surface area contributed by atoms with Gasteiger partial charge in [-0.2, -0.15) is 0 Å². The van der Waals surface area contributed by atoms with Crippen LogP contribution in [0, 0.1) is 18.8 Å². The van der Waals surface area contributed by atoms with E-state index in [9.17, 15) is 9.59 Å². The van der Waals surface area contributed by atoms with Crippen molar-refractivity contribution in [1.29, 1.82) is 0 Å². The molecule has 5 nitrogen and oxygen atoms in total. The van der Waals surface area contributed by atoms with Crippen molar-refractivity contribution in [3.8, 4) is 0 Å². The normalized spacial score (nSPS) is 17.7. The molecule has 140 valence electrons. The summed E-state index contributed by atoms with van der Waals surface area (Å²) in [6.07, 6.45) is 2.16. The zero-order valence-corrected chi connectivity index (χ0v) is 16.1. The highest BCUT2D eigenvalue weighted by Gasteiger charge is 2.25.